The van der Waals surface area contributed by atoms with Gasteiger partial charge >= 0.3 is 5.97 Å². The minimum Gasteiger partial charge on any atom is -0.466 e. The number of aliphatic hydroxyl groups is 2. The SMILES string of the molecule is CCCCCCC/C=C\CCCCCCCC(=O)OCCCCCCCCCCCCCCCC/C=C\CCCCCCCCCCCCCCCCCCCC(=O)NC(CO)C(O)/C=C/CCCCCCCCCCCCCCCCCCCCCCCCC. The Bertz CT molecular complexity index is 1470. The Morgan fingerprint density at radius 2 is 0.516 bits per heavy atom. The normalized spacial score (nSPS) is 12.6. The third-order valence-electron chi connectivity index (χ3n) is 19.6. The molecule has 0 aliphatic heterocycles. The third-order valence-corrected chi connectivity index (χ3v) is 19.6. The zero-order chi connectivity index (χ0) is 65.6. The van der Waals surface area contributed by atoms with Crippen molar-refractivity contribution in [1.29, 1.82) is 0 Å². The van der Waals surface area contributed by atoms with E-state index in [9.17, 15) is 19.8 Å². The molecule has 2 unspecified atom stereocenters. The molecule has 6 heteroatoms. The van der Waals surface area contributed by atoms with E-state index in [1.54, 1.807) is 6.08 Å². The molecule has 1 amide bonds. The van der Waals surface area contributed by atoms with Gasteiger partial charge in [-0.2, -0.15) is 0 Å². The molecule has 0 aliphatic carbocycles. The fourth-order valence-corrected chi connectivity index (χ4v) is 13.3. The monoisotopic (exact) mass is 1280 g/mol. The minimum absolute atomic E-state index is 0.0122. The molecular weight excluding hydrogens is 1110 g/mol. The molecule has 0 aliphatic rings. The van der Waals surface area contributed by atoms with Crippen LogP contribution in [0.4, 0.5) is 0 Å². The first-order valence-electron chi connectivity index (χ1n) is 41.8. The number of esters is 1. The van der Waals surface area contributed by atoms with E-state index in [0.29, 0.717) is 19.4 Å². The van der Waals surface area contributed by atoms with E-state index >= 15 is 0 Å². The Balaban J connectivity index is 3.37. The number of hydrogen-bond donors (Lipinski definition) is 3. The molecule has 2 atom stereocenters. The van der Waals surface area contributed by atoms with Crippen LogP contribution in [0.5, 0.6) is 0 Å². The molecule has 0 radical (unpaired) electrons. The van der Waals surface area contributed by atoms with Crippen LogP contribution in [0, 0.1) is 0 Å². The maximum absolute atomic E-state index is 12.6. The lowest BCUT2D eigenvalue weighted by molar-refractivity contribution is -0.143. The molecule has 6 nitrogen and oxygen atoms in total. The summed E-state index contributed by atoms with van der Waals surface area (Å²) in [4.78, 5) is 24.6. The fraction of sp³-hybridized carbons (Fsp3) is 0.906. The number of rotatable bonds is 79. The first-order chi connectivity index (χ1) is 45.0. The van der Waals surface area contributed by atoms with E-state index in [1.807, 2.05) is 6.08 Å². The highest BCUT2D eigenvalue weighted by molar-refractivity contribution is 5.76. The van der Waals surface area contributed by atoms with Crippen molar-refractivity contribution >= 4 is 11.9 Å². The molecule has 0 fully saturated rings. The summed E-state index contributed by atoms with van der Waals surface area (Å²) in [5.74, 6) is -0.0468. The number of unbranched alkanes of at least 4 members (excludes halogenated alkanes) is 64. The topological polar surface area (TPSA) is 95.9 Å². The summed E-state index contributed by atoms with van der Waals surface area (Å²) in [5, 5.41) is 23.3. The second-order valence-corrected chi connectivity index (χ2v) is 28.8. The quantitative estimate of drug-likeness (QED) is 0.0320. The Morgan fingerprint density at radius 1 is 0.297 bits per heavy atom. The van der Waals surface area contributed by atoms with Crippen LogP contribution in [0.2, 0.25) is 0 Å². The zero-order valence-electron chi connectivity index (χ0n) is 61.9. The van der Waals surface area contributed by atoms with Crippen LogP contribution >= 0.6 is 0 Å². The van der Waals surface area contributed by atoms with Crippen molar-refractivity contribution < 1.29 is 24.5 Å². The lowest BCUT2D eigenvalue weighted by Crippen LogP contribution is -2.45. The standard InChI is InChI=1S/C85H163NO5/c1-3-5-7-9-11-13-15-17-19-20-21-22-23-35-38-41-44-47-50-53-57-61-65-69-73-77-83(88)82(81-87)86-84(89)78-74-70-66-62-58-54-51-48-45-42-39-36-33-31-29-27-25-24-26-28-30-32-34-37-40-43-46-49-52-56-60-64-68-72-76-80-91-85(90)79-75-71-67-63-59-55-18-16-14-12-10-8-6-4-2/h16,18,26,28,73,77,82-83,87-88H,3-15,17,19-25,27,29-72,74-76,78-81H2,1-2H3,(H,86,89)/b18-16-,28-26-,77-73+. The van der Waals surface area contributed by atoms with Crippen molar-refractivity contribution in [3.63, 3.8) is 0 Å². The maximum atomic E-state index is 12.6. The van der Waals surface area contributed by atoms with E-state index in [0.717, 1.165) is 44.9 Å². The Morgan fingerprint density at radius 3 is 0.780 bits per heavy atom. The van der Waals surface area contributed by atoms with Gasteiger partial charge in [0, 0.05) is 12.8 Å². The molecule has 0 aromatic carbocycles. The zero-order valence-corrected chi connectivity index (χ0v) is 61.9. The Kier molecular flexibility index (Phi) is 78.8. The lowest BCUT2D eigenvalue weighted by Gasteiger charge is -2.20. The predicted octanol–water partition coefficient (Wildman–Crippen LogP) is 27.8. The summed E-state index contributed by atoms with van der Waals surface area (Å²) in [7, 11) is 0. The van der Waals surface area contributed by atoms with Gasteiger partial charge in [0.2, 0.25) is 5.91 Å². The lowest BCUT2D eigenvalue weighted by atomic mass is 10.0. The van der Waals surface area contributed by atoms with E-state index in [1.165, 1.54) is 398 Å². The molecule has 0 heterocycles. The van der Waals surface area contributed by atoms with Gasteiger partial charge in [0.05, 0.1) is 25.4 Å². The van der Waals surface area contributed by atoms with Gasteiger partial charge in [-0.05, 0) is 83.5 Å². The van der Waals surface area contributed by atoms with Gasteiger partial charge in [0.15, 0.2) is 0 Å². The molecule has 91 heavy (non-hydrogen) atoms. The van der Waals surface area contributed by atoms with Crippen molar-refractivity contribution in [2.24, 2.45) is 0 Å². The highest BCUT2D eigenvalue weighted by atomic mass is 16.5. The van der Waals surface area contributed by atoms with Crippen LogP contribution in [0.1, 0.15) is 470 Å². The first kappa shape index (κ1) is 89.1. The summed E-state index contributed by atoms with van der Waals surface area (Å²) in [5.41, 5.74) is 0. The molecule has 0 aromatic heterocycles. The van der Waals surface area contributed by atoms with E-state index in [2.05, 4.69) is 43.5 Å². The van der Waals surface area contributed by atoms with Crippen LogP contribution < -0.4 is 5.32 Å². The van der Waals surface area contributed by atoms with Gasteiger partial charge in [-0.1, -0.05) is 410 Å². The van der Waals surface area contributed by atoms with Crippen LogP contribution in [-0.4, -0.2) is 47.4 Å². The number of amides is 1. The number of carbonyl (C=O) groups is 2. The summed E-state index contributed by atoms with van der Waals surface area (Å²) in [6.45, 7) is 4.94. The molecule has 3 N–H and O–H groups in total. The van der Waals surface area contributed by atoms with Crippen LogP contribution in [0.25, 0.3) is 0 Å². The first-order valence-corrected chi connectivity index (χ1v) is 41.8. The summed E-state index contributed by atoms with van der Waals surface area (Å²) in [6, 6.07) is -0.627. The number of ether oxygens (including phenoxy) is 1. The van der Waals surface area contributed by atoms with Gasteiger partial charge in [0.25, 0.3) is 0 Å². The van der Waals surface area contributed by atoms with Crippen molar-refractivity contribution in [3.8, 4) is 0 Å². The Labute approximate surface area is 570 Å². The number of allylic oxidation sites excluding steroid dienone is 5. The number of aliphatic hydroxyl groups excluding tert-OH is 2. The molecule has 0 aromatic rings. The van der Waals surface area contributed by atoms with Gasteiger partial charge < -0.3 is 20.3 Å². The molecule has 0 spiro atoms. The van der Waals surface area contributed by atoms with E-state index in [-0.39, 0.29) is 18.5 Å². The third kappa shape index (κ3) is 77.0. The summed E-state index contributed by atoms with van der Waals surface area (Å²) in [6.07, 6.45) is 106. The minimum atomic E-state index is -0.844. The predicted molar refractivity (Wildman–Crippen MR) is 403 cm³/mol. The van der Waals surface area contributed by atoms with Gasteiger partial charge in [-0.15, -0.1) is 0 Å². The molecule has 0 rings (SSSR count). The molecule has 0 bridgehead atoms. The van der Waals surface area contributed by atoms with Crippen LogP contribution in [0.15, 0.2) is 36.5 Å². The number of carbonyl (C=O) groups excluding carboxylic acids is 2. The highest BCUT2D eigenvalue weighted by Gasteiger charge is 2.18. The highest BCUT2D eigenvalue weighted by Crippen LogP contribution is 2.20. The number of nitrogens with one attached hydrogen (secondary N) is 1. The smallest absolute Gasteiger partial charge is 0.305 e. The maximum Gasteiger partial charge on any atom is 0.305 e. The molecule has 0 saturated heterocycles. The second-order valence-electron chi connectivity index (χ2n) is 28.8. The van der Waals surface area contributed by atoms with Gasteiger partial charge in [-0.25, -0.2) is 0 Å². The van der Waals surface area contributed by atoms with Gasteiger partial charge in [0.1, 0.15) is 0 Å². The average Bonchev–Trinajstić information content (AvgIpc) is 3.64. The fourth-order valence-electron chi connectivity index (χ4n) is 13.3. The van der Waals surface area contributed by atoms with Gasteiger partial charge in [-0.3, -0.25) is 9.59 Å². The van der Waals surface area contributed by atoms with Crippen LogP contribution in [0.3, 0.4) is 0 Å². The summed E-state index contributed by atoms with van der Waals surface area (Å²) >= 11 is 0. The Hall–Kier alpha value is -1.92. The van der Waals surface area contributed by atoms with E-state index in [4.69, 9.17) is 4.74 Å². The van der Waals surface area contributed by atoms with Crippen molar-refractivity contribution in [2.45, 2.75) is 482 Å². The van der Waals surface area contributed by atoms with Crippen molar-refractivity contribution in [1.82, 2.24) is 5.32 Å². The molecule has 0 saturated carbocycles. The van der Waals surface area contributed by atoms with E-state index < -0.39 is 12.1 Å². The van der Waals surface area contributed by atoms with Crippen molar-refractivity contribution in [2.75, 3.05) is 13.2 Å². The second kappa shape index (κ2) is 80.5. The molecule has 538 valence electrons. The van der Waals surface area contributed by atoms with Crippen LogP contribution in [-0.2, 0) is 14.3 Å². The van der Waals surface area contributed by atoms with Crippen molar-refractivity contribution in [3.05, 3.63) is 36.5 Å². The number of hydrogen-bond acceptors (Lipinski definition) is 5. The summed E-state index contributed by atoms with van der Waals surface area (Å²) < 4.78 is 5.49. The largest absolute Gasteiger partial charge is 0.466 e. The average molecular weight is 1280 g/mol. The molecular formula is C85H163NO5.